The summed E-state index contributed by atoms with van der Waals surface area (Å²) in [6.45, 7) is 1.25. The van der Waals surface area contributed by atoms with Gasteiger partial charge in [0.2, 0.25) is 0 Å². The Labute approximate surface area is 106 Å². The number of nitrogens with zero attached hydrogens (tertiary/aromatic N) is 1. The fraction of sp³-hybridized carbons (Fsp3) is 0.500. The summed E-state index contributed by atoms with van der Waals surface area (Å²) in [6.07, 6.45) is 6.06. The number of hydrogen-bond donors (Lipinski definition) is 0. The number of sulfone groups is 1. The summed E-state index contributed by atoms with van der Waals surface area (Å²) < 4.78 is 23.0. The van der Waals surface area contributed by atoms with Gasteiger partial charge >= 0.3 is 0 Å². The number of terminal acetylenes is 1. The van der Waals surface area contributed by atoms with Crippen molar-refractivity contribution < 1.29 is 8.42 Å². The second-order valence-electron chi connectivity index (χ2n) is 4.30. The number of thiophene rings is 1. The van der Waals surface area contributed by atoms with Crippen LogP contribution >= 0.6 is 11.3 Å². The van der Waals surface area contributed by atoms with E-state index in [2.05, 4.69) is 22.3 Å². The van der Waals surface area contributed by atoms with Gasteiger partial charge in [0.1, 0.15) is 0 Å². The maximum atomic E-state index is 11.5. The van der Waals surface area contributed by atoms with Crippen molar-refractivity contribution >= 4 is 21.2 Å². The van der Waals surface area contributed by atoms with Gasteiger partial charge in [0.15, 0.2) is 9.84 Å². The fourth-order valence-corrected chi connectivity index (χ4v) is 4.53. The standard InChI is InChI=1S/C12H15NO2S2/c1-2-5-13(8-11-3-6-16-9-11)12-4-7-17(14,15)10-12/h1,3,6,9,12H,4-5,7-8,10H2/t12-/m0/s1. The van der Waals surface area contributed by atoms with Crippen LogP contribution in [-0.4, -0.2) is 37.4 Å². The summed E-state index contributed by atoms with van der Waals surface area (Å²) >= 11 is 1.65. The largest absolute Gasteiger partial charge is 0.284 e. The Bertz CT molecular complexity index is 499. The molecule has 0 aromatic carbocycles. The lowest BCUT2D eigenvalue weighted by Crippen LogP contribution is -2.35. The average molecular weight is 269 g/mol. The van der Waals surface area contributed by atoms with Gasteiger partial charge in [0, 0.05) is 12.6 Å². The van der Waals surface area contributed by atoms with Crippen molar-refractivity contribution in [3.63, 3.8) is 0 Å². The van der Waals surface area contributed by atoms with Gasteiger partial charge in [-0.05, 0) is 28.8 Å². The minimum absolute atomic E-state index is 0.0796. The third kappa shape index (κ3) is 3.32. The van der Waals surface area contributed by atoms with Crippen molar-refractivity contribution in [1.29, 1.82) is 0 Å². The van der Waals surface area contributed by atoms with Crippen LogP contribution in [0, 0.1) is 12.3 Å². The smallest absolute Gasteiger partial charge is 0.151 e. The summed E-state index contributed by atoms with van der Waals surface area (Å²) in [5.74, 6) is 3.16. The topological polar surface area (TPSA) is 37.4 Å². The van der Waals surface area contributed by atoms with Crippen LogP contribution in [0.5, 0.6) is 0 Å². The van der Waals surface area contributed by atoms with E-state index in [1.165, 1.54) is 5.56 Å². The highest BCUT2D eigenvalue weighted by Gasteiger charge is 2.31. The molecule has 0 radical (unpaired) electrons. The lowest BCUT2D eigenvalue weighted by atomic mass is 10.2. The molecule has 3 nitrogen and oxygen atoms in total. The van der Waals surface area contributed by atoms with Crippen molar-refractivity contribution in [2.24, 2.45) is 0 Å². The van der Waals surface area contributed by atoms with Gasteiger partial charge in [-0.1, -0.05) is 5.92 Å². The molecule has 2 rings (SSSR count). The van der Waals surface area contributed by atoms with E-state index < -0.39 is 9.84 Å². The van der Waals surface area contributed by atoms with Crippen LogP contribution in [0.2, 0.25) is 0 Å². The molecule has 0 N–H and O–H groups in total. The molecule has 0 spiro atoms. The van der Waals surface area contributed by atoms with E-state index in [4.69, 9.17) is 6.42 Å². The van der Waals surface area contributed by atoms with Crippen LogP contribution in [0.1, 0.15) is 12.0 Å². The molecule has 1 fully saturated rings. The monoisotopic (exact) mass is 269 g/mol. The first-order chi connectivity index (χ1) is 8.11. The summed E-state index contributed by atoms with van der Waals surface area (Å²) in [5.41, 5.74) is 1.20. The molecule has 17 heavy (non-hydrogen) atoms. The van der Waals surface area contributed by atoms with Gasteiger partial charge in [-0.3, -0.25) is 4.90 Å². The van der Waals surface area contributed by atoms with E-state index in [0.717, 1.165) is 6.54 Å². The van der Waals surface area contributed by atoms with E-state index in [-0.39, 0.29) is 11.8 Å². The van der Waals surface area contributed by atoms with Crippen LogP contribution < -0.4 is 0 Å². The zero-order chi connectivity index (χ0) is 12.3. The minimum Gasteiger partial charge on any atom is -0.284 e. The van der Waals surface area contributed by atoms with Crippen LogP contribution in [0.15, 0.2) is 16.8 Å². The molecule has 2 heterocycles. The molecule has 0 aliphatic carbocycles. The number of rotatable bonds is 4. The van der Waals surface area contributed by atoms with Crippen molar-refractivity contribution in [1.82, 2.24) is 4.90 Å². The molecule has 1 aliphatic heterocycles. The average Bonchev–Trinajstić information content (AvgIpc) is 2.87. The van der Waals surface area contributed by atoms with E-state index in [0.29, 0.717) is 18.7 Å². The molecular weight excluding hydrogens is 254 g/mol. The van der Waals surface area contributed by atoms with E-state index in [1.807, 2.05) is 5.38 Å². The lowest BCUT2D eigenvalue weighted by molar-refractivity contribution is 0.231. The molecule has 92 valence electrons. The van der Waals surface area contributed by atoms with Gasteiger partial charge in [-0.2, -0.15) is 11.3 Å². The molecule has 0 saturated carbocycles. The van der Waals surface area contributed by atoms with Gasteiger partial charge in [0.05, 0.1) is 18.1 Å². The molecule has 5 heteroatoms. The minimum atomic E-state index is -2.85. The van der Waals surface area contributed by atoms with Crippen LogP contribution in [0.4, 0.5) is 0 Å². The Morgan fingerprint density at radius 2 is 2.41 bits per heavy atom. The van der Waals surface area contributed by atoms with E-state index in [1.54, 1.807) is 11.3 Å². The summed E-state index contributed by atoms with van der Waals surface area (Å²) in [6, 6.07) is 2.13. The van der Waals surface area contributed by atoms with E-state index >= 15 is 0 Å². The molecule has 0 unspecified atom stereocenters. The third-order valence-electron chi connectivity index (χ3n) is 2.98. The normalized spacial score (nSPS) is 22.7. The Balaban J connectivity index is 2.05. The Morgan fingerprint density at radius 3 is 2.94 bits per heavy atom. The van der Waals surface area contributed by atoms with E-state index in [9.17, 15) is 8.42 Å². The van der Waals surface area contributed by atoms with Gasteiger partial charge in [-0.25, -0.2) is 8.42 Å². The highest BCUT2D eigenvalue weighted by Crippen LogP contribution is 2.20. The Kier molecular flexibility index (Phi) is 3.87. The molecule has 1 aromatic heterocycles. The fourth-order valence-electron chi connectivity index (χ4n) is 2.11. The molecule has 1 saturated heterocycles. The number of hydrogen-bond acceptors (Lipinski definition) is 4. The van der Waals surface area contributed by atoms with Gasteiger partial charge < -0.3 is 0 Å². The maximum Gasteiger partial charge on any atom is 0.151 e. The predicted molar refractivity (Wildman–Crippen MR) is 70.6 cm³/mol. The Hall–Kier alpha value is -0.830. The predicted octanol–water partition coefficient (Wildman–Crippen LogP) is 1.37. The molecule has 0 amide bonds. The zero-order valence-corrected chi connectivity index (χ0v) is 11.1. The first-order valence-electron chi connectivity index (χ1n) is 5.50. The second-order valence-corrected chi connectivity index (χ2v) is 7.31. The summed E-state index contributed by atoms with van der Waals surface area (Å²) in [7, 11) is -2.85. The van der Waals surface area contributed by atoms with Crippen molar-refractivity contribution in [2.45, 2.75) is 19.0 Å². The van der Waals surface area contributed by atoms with Crippen molar-refractivity contribution in [2.75, 3.05) is 18.1 Å². The van der Waals surface area contributed by atoms with Crippen LogP contribution in [0.25, 0.3) is 0 Å². The van der Waals surface area contributed by atoms with Crippen molar-refractivity contribution in [3.05, 3.63) is 22.4 Å². The van der Waals surface area contributed by atoms with Gasteiger partial charge in [0.25, 0.3) is 0 Å². The summed E-state index contributed by atoms with van der Waals surface area (Å²) in [5, 5.41) is 4.10. The summed E-state index contributed by atoms with van der Waals surface area (Å²) in [4.78, 5) is 2.09. The second kappa shape index (κ2) is 5.21. The van der Waals surface area contributed by atoms with Crippen LogP contribution in [0.3, 0.4) is 0 Å². The SMILES string of the molecule is C#CCN(Cc1ccsc1)[C@H]1CCS(=O)(=O)C1. The van der Waals surface area contributed by atoms with Gasteiger partial charge in [-0.15, -0.1) is 6.42 Å². The maximum absolute atomic E-state index is 11.5. The first kappa shape index (κ1) is 12.6. The zero-order valence-electron chi connectivity index (χ0n) is 9.50. The Morgan fingerprint density at radius 1 is 1.59 bits per heavy atom. The third-order valence-corrected chi connectivity index (χ3v) is 5.47. The molecular formula is C12H15NO2S2. The molecule has 1 aliphatic rings. The highest BCUT2D eigenvalue weighted by molar-refractivity contribution is 7.91. The van der Waals surface area contributed by atoms with Crippen molar-refractivity contribution in [3.8, 4) is 12.3 Å². The first-order valence-corrected chi connectivity index (χ1v) is 8.26. The highest BCUT2D eigenvalue weighted by atomic mass is 32.2. The molecule has 1 atom stereocenters. The molecule has 0 bridgehead atoms. The van der Waals surface area contributed by atoms with Crippen LogP contribution in [-0.2, 0) is 16.4 Å². The quantitative estimate of drug-likeness (QED) is 0.775. The lowest BCUT2D eigenvalue weighted by Gasteiger charge is -2.25. The molecule has 1 aromatic rings.